The Labute approximate surface area is 101 Å². The summed E-state index contributed by atoms with van der Waals surface area (Å²) in [5.74, 6) is 0. The lowest BCUT2D eigenvalue weighted by molar-refractivity contribution is 1.31. The molecule has 2 rings (SSSR count). The van der Waals surface area contributed by atoms with E-state index in [0.717, 1.165) is 20.9 Å². The topological polar surface area (TPSA) is 36.7 Å². The van der Waals surface area contributed by atoms with Gasteiger partial charge in [-0.2, -0.15) is 5.26 Å². The van der Waals surface area contributed by atoms with Gasteiger partial charge in [0.15, 0.2) is 5.69 Å². The van der Waals surface area contributed by atoms with E-state index in [1.54, 1.807) is 6.07 Å². The summed E-state index contributed by atoms with van der Waals surface area (Å²) >= 11 is 9.36. The normalized spacial score (nSPS) is 10.3. The van der Waals surface area contributed by atoms with Gasteiger partial charge in [-0.05, 0) is 30.7 Å². The van der Waals surface area contributed by atoms with E-state index in [4.69, 9.17) is 16.9 Å². The molecular weight excluding hydrogens is 275 g/mol. The minimum Gasteiger partial charge on any atom is -0.235 e. The molecule has 0 N–H and O–H groups in total. The van der Waals surface area contributed by atoms with Crippen molar-refractivity contribution in [1.82, 2.24) is 4.98 Å². The van der Waals surface area contributed by atoms with Gasteiger partial charge in [0, 0.05) is 9.86 Å². The first-order valence-corrected chi connectivity index (χ1v) is 5.45. The third-order valence-corrected chi connectivity index (χ3v) is 3.03. The number of hydrogen-bond donors (Lipinski definition) is 0. The molecular formula is C11H6BrClN2. The summed E-state index contributed by atoms with van der Waals surface area (Å²) in [6.45, 7) is 1.98. The number of aryl methyl sites for hydroxylation is 1. The minimum atomic E-state index is 0.265. The van der Waals surface area contributed by atoms with Crippen LogP contribution < -0.4 is 0 Å². The highest BCUT2D eigenvalue weighted by Gasteiger charge is 2.07. The Balaban J connectivity index is 2.89. The lowest BCUT2D eigenvalue weighted by atomic mass is 10.1. The molecule has 0 saturated carbocycles. The quantitative estimate of drug-likeness (QED) is 0.736. The predicted molar refractivity (Wildman–Crippen MR) is 63.9 cm³/mol. The third-order valence-electron chi connectivity index (χ3n) is 2.09. The zero-order valence-corrected chi connectivity index (χ0v) is 10.2. The summed E-state index contributed by atoms with van der Waals surface area (Å²) in [7, 11) is 0. The van der Waals surface area contributed by atoms with Gasteiger partial charge in [0.1, 0.15) is 6.07 Å². The zero-order chi connectivity index (χ0) is 11.0. The molecule has 4 heteroatoms. The fourth-order valence-electron chi connectivity index (χ4n) is 1.42. The maximum Gasteiger partial charge on any atom is 0.159 e. The lowest BCUT2D eigenvalue weighted by Gasteiger charge is -2.03. The molecule has 0 unspecified atom stereocenters. The molecule has 2 nitrogen and oxygen atoms in total. The first kappa shape index (κ1) is 10.4. The molecule has 74 valence electrons. The standard InChI is InChI=1S/C11H6BrClN2/c1-6-2-8(12)7-4-9(13)11(5-14)15-10(7)3-6/h2-4H,1H3. The fourth-order valence-corrected chi connectivity index (χ4v) is 2.29. The Hall–Kier alpha value is -1.11. The molecule has 1 aromatic carbocycles. The van der Waals surface area contributed by atoms with E-state index < -0.39 is 0 Å². The van der Waals surface area contributed by atoms with E-state index in [1.165, 1.54) is 0 Å². The predicted octanol–water partition coefficient (Wildman–Crippen LogP) is 3.83. The van der Waals surface area contributed by atoms with Crippen LogP contribution in [0.25, 0.3) is 10.9 Å². The Kier molecular flexibility index (Phi) is 2.64. The van der Waals surface area contributed by atoms with Gasteiger partial charge in [-0.1, -0.05) is 27.5 Å². The van der Waals surface area contributed by atoms with Gasteiger partial charge in [0.2, 0.25) is 0 Å². The highest BCUT2D eigenvalue weighted by molar-refractivity contribution is 9.10. The van der Waals surface area contributed by atoms with Gasteiger partial charge in [0.25, 0.3) is 0 Å². The van der Waals surface area contributed by atoms with Crippen LogP contribution in [0.4, 0.5) is 0 Å². The second-order valence-electron chi connectivity index (χ2n) is 3.24. The van der Waals surface area contributed by atoms with Gasteiger partial charge in [0.05, 0.1) is 10.5 Å². The molecule has 1 aromatic heterocycles. The number of nitrogens with zero attached hydrogens (tertiary/aromatic N) is 2. The van der Waals surface area contributed by atoms with E-state index in [9.17, 15) is 0 Å². The molecule has 0 bridgehead atoms. The van der Waals surface area contributed by atoms with Crippen molar-refractivity contribution in [3.8, 4) is 6.07 Å². The van der Waals surface area contributed by atoms with Crippen molar-refractivity contribution in [2.24, 2.45) is 0 Å². The van der Waals surface area contributed by atoms with Gasteiger partial charge in [-0.15, -0.1) is 0 Å². The number of nitriles is 1. The summed E-state index contributed by atoms with van der Waals surface area (Å²) in [4.78, 5) is 4.19. The maximum atomic E-state index is 8.81. The fraction of sp³-hybridized carbons (Fsp3) is 0.0909. The second kappa shape index (κ2) is 3.80. The number of fused-ring (bicyclic) bond motifs is 1. The summed E-state index contributed by atoms with van der Waals surface area (Å²) in [5.41, 5.74) is 2.14. The van der Waals surface area contributed by atoms with Crippen LogP contribution in [0, 0.1) is 18.3 Å². The van der Waals surface area contributed by atoms with Crippen LogP contribution in [-0.4, -0.2) is 4.98 Å². The number of halogens is 2. The minimum absolute atomic E-state index is 0.265. The van der Waals surface area contributed by atoms with Crippen LogP contribution >= 0.6 is 27.5 Å². The molecule has 0 aliphatic carbocycles. The molecule has 0 amide bonds. The van der Waals surface area contributed by atoms with Crippen LogP contribution in [-0.2, 0) is 0 Å². The smallest absolute Gasteiger partial charge is 0.159 e. The number of hydrogen-bond acceptors (Lipinski definition) is 2. The van der Waals surface area contributed by atoms with Crippen LogP contribution in [0.15, 0.2) is 22.7 Å². The van der Waals surface area contributed by atoms with Crippen molar-refractivity contribution in [3.05, 3.63) is 39.0 Å². The molecule has 0 radical (unpaired) electrons. The van der Waals surface area contributed by atoms with Crippen molar-refractivity contribution in [2.45, 2.75) is 6.92 Å². The maximum absolute atomic E-state index is 8.81. The monoisotopic (exact) mass is 280 g/mol. The molecule has 0 saturated heterocycles. The third kappa shape index (κ3) is 1.83. The number of aromatic nitrogens is 1. The Morgan fingerprint density at radius 3 is 2.80 bits per heavy atom. The second-order valence-corrected chi connectivity index (χ2v) is 4.51. The van der Waals surface area contributed by atoms with Crippen LogP contribution in [0.3, 0.4) is 0 Å². The van der Waals surface area contributed by atoms with Gasteiger partial charge >= 0.3 is 0 Å². The first-order valence-electron chi connectivity index (χ1n) is 4.28. The largest absolute Gasteiger partial charge is 0.235 e. The number of benzene rings is 1. The Bertz CT molecular complexity index is 587. The molecule has 2 aromatic rings. The van der Waals surface area contributed by atoms with E-state index in [1.807, 2.05) is 25.1 Å². The average molecular weight is 282 g/mol. The van der Waals surface area contributed by atoms with Gasteiger partial charge in [-0.3, -0.25) is 0 Å². The molecule has 1 heterocycles. The van der Waals surface area contributed by atoms with Gasteiger partial charge in [-0.25, -0.2) is 4.98 Å². The van der Waals surface area contributed by atoms with Crippen LogP contribution in [0.5, 0.6) is 0 Å². The highest BCUT2D eigenvalue weighted by atomic mass is 79.9. The highest BCUT2D eigenvalue weighted by Crippen LogP contribution is 2.28. The van der Waals surface area contributed by atoms with Crippen LogP contribution in [0.2, 0.25) is 5.02 Å². The molecule has 15 heavy (non-hydrogen) atoms. The van der Waals surface area contributed by atoms with Crippen molar-refractivity contribution in [1.29, 1.82) is 5.26 Å². The number of pyridine rings is 1. The lowest BCUT2D eigenvalue weighted by Crippen LogP contribution is -1.88. The van der Waals surface area contributed by atoms with E-state index in [-0.39, 0.29) is 5.69 Å². The van der Waals surface area contributed by atoms with Crippen molar-refractivity contribution >= 4 is 38.4 Å². The number of rotatable bonds is 0. The Morgan fingerprint density at radius 1 is 1.40 bits per heavy atom. The van der Waals surface area contributed by atoms with E-state index >= 15 is 0 Å². The van der Waals surface area contributed by atoms with E-state index in [0.29, 0.717) is 5.02 Å². The molecule has 0 aliphatic heterocycles. The van der Waals surface area contributed by atoms with E-state index in [2.05, 4.69) is 20.9 Å². The molecule has 0 spiro atoms. The van der Waals surface area contributed by atoms with Crippen LogP contribution in [0.1, 0.15) is 11.3 Å². The first-order chi connectivity index (χ1) is 7.11. The summed E-state index contributed by atoms with van der Waals surface area (Å²) in [6.07, 6.45) is 0. The van der Waals surface area contributed by atoms with Crippen molar-refractivity contribution in [2.75, 3.05) is 0 Å². The van der Waals surface area contributed by atoms with Crippen molar-refractivity contribution in [3.63, 3.8) is 0 Å². The SMILES string of the molecule is Cc1cc(Br)c2cc(Cl)c(C#N)nc2c1. The van der Waals surface area contributed by atoms with Gasteiger partial charge < -0.3 is 0 Å². The summed E-state index contributed by atoms with van der Waals surface area (Å²) < 4.78 is 0.941. The summed E-state index contributed by atoms with van der Waals surface area (Å²) in [6, 6.07) is 7.64. The molecule has 0 fully saturated rings. The zero-order valence-electron chi connectivity index (χ0n) is 7.88. The molecule has 0 atom stereocenters. The summed E-state index contributed by atoms with van der Waals surface area (Å²) in [5, 5.41) is 10.1. The Morgan fingerprint density at radius 2 is 2.13 bits per heavy atom. The van der Waals surface area contributed by atoms with Crippen molar-refractivity contribution < 1.29 is 0 Å². The average Bonchev–Trinajstić information content (AvgIpc) is 2.18. The molecule has 0 aliphatic rings.